The largest absolute Gasteiger partial charge is 0.383 e. The number of hydrogen-bond acceptors (Lipinski definition) is 4. The second-order valence-electron chi connectivity index (χ2n) is 4.48. The number of ether oxygens (including phenoxy) is 1. The fraction of sp³-hybridized carbons (Fsp3) is 0.714. The molecule has 0 radical (unpaired) electrons. The molecule has 5 heteroatoms. The number of methoxy groups -OCH3 is 1. The molecular weight excluding hydrogens is 306 g/mol. The van der Waals surface area contributed by atoms with Crippen LogP contribution in [0.2, 0.25) is 0 Å². The number of aryl methyl sites for hydroxylation is 1. The Morgan fingerprint density at radius 3 is 2.47 bits per heavy atom. The zero-order valence-corrected chi connectivity index (χ0v) is 13.9. The van der Waals surface area contributed by atoms with Gasteiger partial charge in [0, 0.05) is 32.2 Å². The molecule has 0 aliphatic carbocycles. The van der Waals surface area contributed by atoms with E-state index in [1.165, 1.54) is 0 Å². The van der Waals surface area contributed by atoms with Gasteiger partial charge in [-0.1, -0.05) is 20.8 Å². The predicted molar refractivity (Wildman–Crippen MR) is 82.7 cm³/mol. The first-order chi connectivity index (χ1) is 9.15. The lowest BCUT2D eigenvalue weighted by atomic mass is 10.1. The van der Waals surface area contributed by atoms with Crippen LogP contribution in [0.25, 0.3) is 0 Å². The summed E-state index contributed by atoms with van der Waals surface area (Å²) < 4.78 is 6.07. The standard InChI is InChI=1S/C14H24BrN3O/c1-5-11(6-2)18(8-9-19-4)14-10-12(15)16-13(7-3)17-14/h10-11H,5-9H2,1-4H3. The molecule has 1 heterocycles. The summed E-state index contributed by atoms with van der Waals surface area (Å²) in [6.45, 7) is 8.06. The van der Waals surface area contributed by atoms with Crippen molar-refractivity contribution < 1.29 is 4.74 Å². The van der Waals surface area contributed by atoms with E-state index < -0.39 is 0 Å². The maximum absolute atomic E-state index is 5.22. The van der Waals surface area contributed by atoms with Crippen molar-refractivity contribution in [3.8, 4) is 0 Å². The van der Waals surface area contributed by atoms with Gasteiger partial charge in [-0.3, -0.25) is 0 Å². The fourth-order valence-corrected chi connectivity index (χ4v) is 2.57. The smallest absolute Gasteiger partial charge is 0.133 e. The van der Waals surface area contributed by atoms with Crippen molar-refractivity contribution in [3.05, 3.63) is 16.5 Å². The van der Waals surface area contributed by atoms with Gasteiger partial charge in [-0.2, -0.15) is 0 Å². The molecule has 0 saturated heterocycles. The minimum atomic E-state index is 0.488. The molecule has 19 heavy (non-hydrogen) atoms. The molecule has 0 atom stereocenters. The molecule has 1 aromatic rings. The number of rotatable bonds is 8. The van der Waals surface area contributed by atoms with Gasteiger partial charge in [0.2, 0.25) is 0 Å². The third kappa shape index (κ3) is 4.73. The van der Waals surface area contributed by atoms with Crippen LogP contribution in [-0.4, -0.2) is 36.3 Å². The molecule has 0 aromatic carbocycles. The lowest BCUT2D eigenvalue weighted by Gasteiger charge is -2.31. The second kappa shape index (κ2) is 8.48. The van der Waals surface area contributed by atoms with E-state index in [9.17, 15) is 0 Å². The Bertz CT molecular complexity index is 383. The first-order valence-electron chi connectivity index (χ1n) is 6.95. The van der Waals surface area contributed by atoms with E-state index in [2.05, 4.69) is 51.6 Å². The Morgan fingerprint density at radius 1 is 1.26 bits per heavy atom. The van der Waals surface area contributed by atoms with E-state index in [1.807, 2.05) is 6.07 Å². The highest BCUT2D eigenvalue weighted by Gasteiger charge is 2.18. The summed E-state index contributed by atoms with van der Waals surface area (Å²) in [5.74, 6) is 1.86. The summed E-state index contributed by atoms with van der Waals surface area (Å²) in [7, 11) is 1.73. The second-order valence-corrected chi connectivity index (χ2v) is 5.29. The third-order valence-corrected chi connectivity index (χ3v) is 3.66. The van der Waals surface area contributed by atoms with Crippen LogP contribution in [-0.2, 0) is 11.2 Å². The first-order valence-corrected chi connectivity index (χ1v) is 7.74. The van der Waals surface area contributed by atoms with Crippen LogP contribution in [0.3, 0.4) is 0 Å². The highest BCUT2D eigenvalue weighted by molar-refractivity contribution is 9.10. The Balaban J connectivity index is 3.04. The van der Waals surface area contributed by atoms with E-state index in [-0.39, 0.29) is 0 Å². The van der Waals surface area contributed by atoms with Gasteiger partial charge < -0.3 is 9.64 Å². The Morgan fingerprint density at radius 2 is 1.95 bits per heavy atom. The average molecular weight is 330 g/mol. The summed E-state index contributed by atoms with van der Waals surface area (Å²) in [6.07, 6.45) is 3.04. The highest BCUT2D eigenvalue weighted by Crippen LogP contribution is 2.21. The number of nitrogens with zero attached hydrogens (tertiary/aromatic N) is 3. The SMILES string of the molecule is CCc1nc(Br)cc(N(CCOC)C(CC)CC)n1. The van der Waals surface area contributed by atoms with E-state index >= 15 is 0 Å². The molecule has 4 nitrogen and oxygen atoms in total. The normalized spacial score (nSPS) is 11.1. The Hall–Kier alpha value is -0.680. The molecule has 0 spiro atoms. The summed E-state index contributed by atoms with van der Waals surface area (Å²) >= 11 is 3.47. The van der Waals surface area contributed by atoms with E-state index in [0.29, 0.717) is 12.6 Å². The number of anilines is 1. The molecule has 1 aromatic heterocycles. The van der Waals surface area contributed by atoms with Gasteiger partial charge in [0.15, 0.2) is 0 Å². The van der Waals surface area contributed by atoms with Crippen molar-refractivity contribution in [3.63, 3.8) is 0 Å². The van der Waals surface area contributed by atoms with Crippen molar-refractivity contribution in [2.75, 3.05) is 25.2 Å². The van der Waals surface area contributed by atoms with E-state index in [0.717, 1.165) is 42.1 Å². The van der Waals surface area contributed by atoms with Gasteiger partial charge in [-0.05, 0) is 28.8 Å². The number of halogens is 1. The fourth-order valence-electron chi connectivity index (χ4n) is 2.16. The monoisotopic (exact) mass is 329 g/mol. The Kier molecular flexibility index (Phi) is 7.31. The lowest BCUT2D eigenvalue weighted by molar-refractivity contribution is 0.202. The molecule has 0 N–H and O–H groups in total. The van der Waals surface area contributed by atoms with Crippen molar-refractivity contribution in [1.29, 1.82) is 0 Å². The van der Waals surface area contributed by atoms with Gasteiger partial charge >= 0.3 is 0 Å². The van der Waals surface area contributed by atoms with Crippen LogP contribution in [0.15, 0.2) is 10.7 Å². The number of hydrogen-bond donors (Lipinski definition) is 0. The number of aromatic nitrogens is 2. The van der Waals surface area contributed by atoms with Crippen LogP contribution in [0.5, 0.6) is 0 Å². The summed E-state index contributed by atoms with van der Waals surface area (Å²) in [5.41, 5.74) is 0. The molecule has 0 aliphatic heterocycles. The van der Waals surface area contributed by atoms with E-state index in [4.69, 9.17) is 4.74 Å². The van der Waals surface area contributed by atoms with Gasteiger partial charge in [0.25, 0.3) is 0 Å². The average Bonchev–Trinajstić information content (AvgIpc) is 2.42. The molecule has 1 rings (SSSR count). The zero-order valence-electron chi connectivity index (χ0n) is 12.3. The van der Waals surface area contributed by atoms with Gasteiger partial charge in [-0.25, -0.2) is 9.97 Å². The minimum Gasteiger partial charge on any atom is -0.383 e. The molecule has 0 aliphatic rings. The van der Waals surface area contributed by atoms with Crippen molar-refractivity contribution in [2.45, 2.75) is 46.1 Å². The summed E-state index contributed by atoms with van der Waals surface area (Å²) in [4.78, 5) is 11.4. The third-order valence-electron chi connectivity index (χ3n) is 3.26. The van der Waals surface area contributed by atoms with Crippen LogP contribution >= 0.6 is 15.9 Å². The maximum Gasteiger partial charge on any atom is 0.133 e. The van der Waals surface area contributed by atoms with Gasteiger partial charge in [0.1, 0.15) is 16.2 Å². The highest BCUT2D eigenvalue weighted by atomic mass is 79.9. The quantitative estimate of drug-likeness (QED) is 0.685. The van der Waals surface area contributed by atoms with Gasteiger partial charge in [0.05, 0.1) is 6.61 Å². The van der Waals surface area contributed by atoms with Crippen LogP contribution in [0.4, 0.5) is 5.82 Å². The maximum atomic E-state index is 5.22. The Labute approximate surface area is 124 Å². The zero-order chi connectivity index (χ0) is 14.3. The van der Waals surface area contributed by atoms with Crippen LogP contribution in [0.1, 0.15) is 39.4 Å². The molecule has 0 fully saturated rings. The molecule has 0 bridgehead atoms. The van der Waals surface area contributed by atoms with Crippen molar-refractivity contribution in [1.82, 2.24) is 9.97 Å². The van der Waals surface area contributed by atoms with Crippen LogP contribution in [0, 0.1) is 0 Å². The molecule has 0 unspecified atom stereocenters. The topological polar surface area (TPSA) is 38.2 Å². The van der Waals surface area contributed by atoms with Crippen molar-refractivity contribution in [2.24, 2.45) is 0 Å². The molecule has 0 saturated carbocycles. The molecule has 108 valence electrons. The summed E-state index contributed by atoms with van der Waals surface area (Å²) in [6, 6.07) is 2.48. The molecular formula is C14H24BrN3O. The summed E-state index contributed by atoms with van der Waals surface area (Å²) in [5, 5.41) is 0. The minimum absolute atomic E-state index is 0.488. The van der Waals surface area contributed by atoms with Crippen LogP contribution < -0.4 is 4.90 Å². The predicted octanol–water partition coefficient (Wildman–Crippen LogP) is 3.44. The first kappa shape index (κ1) is 16.4. The lowest BCUT2D eigenvalue weighted by Crippen LogP contribution is -2.38. The molecule has 0 amide bonds. The van der Waals surface area contributed by atoms with Gasteiger partial charge in [-0.15, -0.1) is 0 Å². The van der Waals surface area contributed by atoms with E-state index in [1.54, 1.807) is 7.11 Å². The van der Waals surface area contributed by atoms with Crippen molar-refractivity contribution >= 4 is 21.7 Å².